The fourth-order valence-electron chi connectivity index (χ4n) is 2.56. The van der Waals surface area contributed by atoms with Crippen LogP contribution in [-0.2, 0) is 14.2 Å². The molecule has 2 aromatic carbocycles. The summed E-state index contributed by atoms with van der Waals surface area (Å²) in [6.07, 6.45) is -6.20. The van der Waals surface area contributed by atoms with Crippen LogP contribution in [0.3, 0.4) is 0 Å². The van der Waals surface area contributed by atoms with Crippen molar-refractivity contribution in [2.45, 2.75) is 24.7 Å². The van der Waals surface area contributed by atoms with Gasteiger partial charge in [-0.1, -0.05) is 36.4 Å². The zero-order valence-corrected chi connectivity index (χ0v) is 13.7. The summed E-state index contributed by atoms with van der Waals surface area (Å²) in [4.78, 5) is 24.1. The monoisotopic (exact) mass is 360 g/mol. The van der Waals surface area contributed by atoms with Gasteiger partial charge in [0.25, 0.3) is 0 Å². The zero-order valence-electron chi connectivity index (χ0n) is 13.7. The normalized spacial score (nSPS) is 24.8. The van der Waals surface area contributed by atoms with Gasteiger partial charge in [0.1, 0.15) is 12.7 Å². The Hall–Kier alpha value is -2.77. The molecule has 3 rings (SSSR count). The van der Waals surface area contributed by atoms with E-state index in [-0.39, 0.29) is 12.2 Å². The number of aliphatic hydroxyl groups is 1. The van der Waals surface area contributed by atoms with Crippen LogP contribution >= 0.6 is 0 Å². The Bertz CT molecular complexity index is 751. The van der Waals surface area contributed by atoms with E-state index in [1.165, 1.54) is 12.1 Å². The highest BCUT2D eigenvalue weighted by molar-refractivity contribution is 5.90. The van der Waals surface area contributed by atoms with Crippen molar-refractivity contribution in [3.05, 3.63) is 71.8 Å². The van der Waals surface area contributed by atoms with E-state index < -0.39 is 36.6 Å². The minimum absolute atomic E-state index is 0.237. The summed E-state index contributed by atoms with van der Waals surface area (Å²) in [6, 6.07) is 16.3. The quantitative estimate of drug-likeness (QED) is 0.823. The standard InChI is InChI=1S/C19H17FO6/c20-15-16(26-18(22)13-9-5-2-6-10-13)14(25-19(15)23)11-24-17(21)12-7-3-1-4-8-12/h1-10,14-16,19,23H,11H2/t14-,15+,16+,19+/m1/s1. The Kier molecular flexibility index (Phi) is 5.60. The Balaban J connectivity index is 1.63. The first-order chi connectivity index (χ1) is 12.6. The van der Waals surface area contributed by atoms with E-state index in [1.54, 1.807) is 48.5 Å². The highest BCUT2D eigenvalue weighted by Gasteiger charge is 2.47. The van der Waals surface area contributed by atoms with Crippen molar-refractivity contribution in [2.24, 2.45) is 0 Å². The predicted octanol–water partition coefficient (Wildman–Crippen LogP) is 2.12. The third kappa shape index (κ3) is 4.07. The molecule has 1 saturated heterocycles. The van der Waals surface area contributed by atoms with Gasteiger partial charge < -0.3 is 19.3 Å². The number of esters is 2. The maximum Gasteiger partial charge on any atom is 0.338 e. The fraction of sp³-hybridized carbons (Fsp3) is 0.263. The first-order valence-corrected chi connectivity index (χ1v) is 8.02. The maximum absolute atomic E-state index is 14.2. The average Bonchev–Trinajstić information content (AvgIpc) is 2.95. The van der Waals surface area contributed by atoms with Crippen LogP contribution < -0.4 is 0 Å². The third-order valence-electron chi connectivity index (χ3n) is 3.91. The summed E-state index contributed by atoms with van der Waals surface area (Å²) in [5.74, 6) is -1.38. The molecule has 1 heterocycles. The van der Waals surface area contributed by atoms with E-state index in [0.717, 1.165) is 0 Å². The first kappa shape index (κ1) is 18.0. The lowest BCUT2D eigenvalue weighted by molar-refractivity contribution is -0.122. The van der Waals surface area contributed by atoms with E-state index in [2.05, 4.69) is 0 Å². The smallest absolute Gasteiger partial charge is 0.338 e. The second-order valence-electron chi connectivity index (χ2n) is 5.71. The van der Waals surface area contributed by atoms with Gasteiger partial charge in [-0.3, -0.25) is 0 Å². The predicted molar refractivity (Wildman–Crippen MR) is 88.1 cm³/mol. The maximum atomic E-state index is 14.2. The van der Waals surface area contributed by atoms with Crippen LogP contribution in [0.2, 0.25) is 0 Å². The fourth-order valence-corrected chi connectivity index (χ4v) is 2.56. The molecule has 2 aromatic rings. The molecule has 0 amide bonds. The highest BCUT2D eigenvalue weighted by Crippen LogP contribution is 2.26. The molecule has 0 bridgehead atoms. The zero-order chi connectivity index (χ0) is 18.5. The molecule has 26 heavy (non-hydrogen) atoms. The van der Waals surface area contributed by atoms with Crippen LogP contribution in [0.4, 0.5) is 4.39 Å². The van der Waals surface area contributed by atoms with Crippen molar-refractivity contribution in [1.82, 2.24) is 0 Å². The number of carbonyl (C=O) groups excluding carboxylic acids is 2. The molecular formula is C19H17FO6. The Morgan fingerprint density at radius 3 is 2.08 bits per heavy atom. The van der Waals surface area contributed by atoms with Crippen LogP contribution in [0.15, 0.2) is 60.7 Å². The van der Waals surface area contributed by atoms with Gasteiger partial charge in [0.15, 0.2) is 18.6 Å². The number of aliphatic hydroxyl groups excluding tert-OH is 1. The van der Waals surface area contributed by atoms with E-state index in [0.29, 0.717) is 5.56 Å². The SMILES string of the molecule is O=C(OC[C@H]1O[C@H](O)[C@@H](F)[C@H]1OC(=O)c1ccccc1)c1ccccc1. The van der Waals surface area contributed by atoms with Crippen LogP contribution in [0.5, 0.6) is 0 Å². The van der Waals surface area contributed by atoms with Gasteiger partial charge in [-0.15, -0.1) is 0 Å². The van der Waals surface area contributed by atoms with E-state index >= 15 is 0 Å². The summed E-state index contributed by atoms with van der Waals surface area (Å²) in [5, 5.41) is 9.58. The lowest BCUT2D eigenvalue weighted by Crippen LogP contribution is -2.37. The molecule has 0 aliphatic carbocycles. The van der Waals surface area contributed by atoms with E-state index in [4.69, 9.17) is 14.2 Å². The molecule has 7 heteroatoms. The van der Waals surface area contributed by atoms with Gasteiger partial charge in [0.05, 0.1) is 11.1 Å². The van der Waals surface area contributed by atoms with Crippen molar-refractivity contribution in [1.29, 1.82) is 0 Å². The molecule has 0 radical (unpaired) electrons. The Morgan fingerprint density at radius 1 is 0.962 bits per heavy atom. The molecule has 0 saturated carbocycles. The molecule has 0 unspecified atom stereocenters. The lowest BCUT2D eigenvalue weighted by Gasteiger charge is -2.19. The lowest BCUT2D eigenvalue weighted by atomic mass is 10.1. The average molecular weight is 360 g/mol. The van der Waals surface area contributed by atoms with Gasteiger partial charge in [-0.2, -0.15) is 0 Å². The van der Waals surface area contributed by atoms with Gasteiger partial charge in [-0.05, 0) is 24.3 Å². The van der Waals surface area contributed by atoms with Crippen LogP contribution in [0.25, 0.3) is 0 Å². The molecule has 1 fully saturated rings. The Morgan fingerprint density at radius 2 is 1.50 bits per heavy atom. The molecule has 6 nitrogen and oxygen atoms in total. The van der Waals surface area contributed by atoms with Gasteiger partial charge in [0.2, 0.25) is 0 Å². The second kappa shape index (κ2) is 8.07. The molecule has 0 aromatic heterocycles. The van der Waals surface area contributed by atoms with E-state index in [9.17, 15) is 19.1 Å². The number of rotatable bonds is 5. The minimum Gasteiger partial charge on any atom is -0.459 e. The number of halogens is 1. The van der Waals surface area contributed by atoms with Gasteiger partial charge in [-0.25, -0.2) is 14.0 Å². The molecule has 1 N–H and O–H groups in total. The van der Waals surface area contributed by atoms with Crippen molar-refractivity contribution < 1.29 is 33.3 Å². The largest absolute Gasteiger partial charge is 0.459 e. The van der Waals surface area contributed by atoms with Crippen molar-refractivity contribution >= 4 is 11.9 Å². The first-order valence-electron chi connectivity index (χ1n) is 8.02. The van der Waals surface area contributed by atoms with Gasteiger partial charge in [0, 0.05) is 0 Å². The summed E-state index contributed by atoms with van der Waals surface area (Å²) in [6.45, 7) is -0.363. The number of ether oxygens (including phenoxy) is 3. The number of benzene rings is 2. The highest BCUT2D eigenvalue weighted by atomic mass is 19.1. The topological polar surface area (TPSA) is 82.1 Å². The number of hydrogen-bond donors (Lipinski definition) is 1. The molecular weight excluding hydrogens is 343 g/mol. The summed E-state index contributed by atoms with van der Waals surface area (Å²) < 4.78 is 29.4. The minimum atomic E-state index is -1.94. The summed E-state index contributed by atoms with van der Waals surface area (Å²) in [7, 11) is 0. The molecule has 136 valence electrons. The second-order valence-corrected chi connectivity index (χ2v) is 5.71. The van der Waals surface area contributed by atoms with Crippen LogP contribution in [0.1, 0.15) is 20.7 Å². The summed E-state index contributed by atoms with van der Waals surface area (Å²) in [5.41, 5.74) is 0.557. The van der Waals surface area contributed by atoms with Crippen molar-refractivity contribution in [3.8, 4) is 0 Å². The molecule has 4 atom stereocenters. The van der Waals surface area contributed by atoms with Crippen molar-refractivity contribution in [3.63, 3.8) is 0 Å². The molecule has 1 aliphatic rings. The molecule has 0 spiro atoms. The third-order valence-corrected chi connectivity index (χ3v) is 3.91. The number of carbonyl (C=O) groups is 2. The number of hydrogen-bond acceptors (Lipinski definition) is 6. The number of alkyl halides is 1. The van der Waals surface area contributed by atoms with Crippen LogP contribution in [0, 0.1) is 0 Å². The van der Waals surface area contributed by atoms with Crippen molar-refractivity contribution in [2.75, 3.05) is 6.61 Å². The molecule has 1 aliphatic heterocycles. The van der Waals surface area contributed by atoms with E-state index in [1.807, 2.05) is 0 Å². The Labute approximate surface area is 149 Å². The summed E-state index contributed by atoms with van der Waals surface area (Å²) >= 11 is 0. The van der Waals surface area contributed by atoms with Crippen LogP contribution in [-0.4, -0.2) is 48.3 Å². The van der Waals surface area contributed by atoms with Gasteiger partial charge >= 0.3 is 11.9 Å².